The molecule has 0 unspecified atom stereocenters. The summed E-state index contributed by atoms with van der Waals surface area (Å²) < 4.78 is 0. The number of carbonyl (C=O) groups excluding carboxylic acids is 1. The third kappa shape index (κ3) is 5.06. The Balaban J connectivity index is 0.000000166. The van der Waals surface area contributed by atoms with Gasteiger partial charge in [-0.1, -0.05) is 35.9 Å². The number of rotatable bonds is 4. The molecule has 7 heteroatoms. The van der Waals surface area contributed by atoms with E-state index in [1.807, 2.05) is 50.0 Å². The van der Waals surface area contributed by atoms with Crippen molar-refractivity contribution in [3.05, 3.63) is 76.7 Å². The molecule has 3 aromatic rings. The Hall–Kier alpha value is -3.45. The van der Waals surface area contributed by atoms with Gasteiger partial charge in [-0.15, -0.1) is 5.53 Å². The maximum atomic E-state index is 11.2. The molecule has 0 atom stereocenters. The lowest BCUT2D eigenvalue weighted by Gasteiger charge is -2.18. The summed E-state index contributed by atoms with van der Waals surface area (Å²) >= 11 is 0. The normalized spacial score (nSPS) is 13.5. The van der Waals surface area contributed by atoms with E-state index in [9.17, 15) is 4.79 Å². The second kappa shape index (κ2) is 9.78. The van der Waals surface area contributed by atoms with Crippen LogP contribution in [-0.4, -0.2) is 22.4 Å². The Morgan fingerprint density at radius 2 is 1.88 bits per heavy atom. The first kappa shape index (κ1) is 21.8. The number of likely N-dealkylation sites (N-methyl/N-ethyl adjacent to an activating group) is 1. The predicted molar refractivity (Wildman–Crippen MR) is 128 cm³/mol. The molecule has 0 spiro atoms. The lowest BCUT2D eigenvalue weighted by atomic mass is 10.1. The highest BCUT2D eigenvalue weighted by molar-refractivity contribution is 5.78. The lowest BCUT2D eigenvalue weighted by Crippen LogP contribution is -2.31. The van der Waals surface area contributed by atoms with Crippen molar-refractivity contribution in [2.75, 3.05) is 17.0 Å². The van der Waals surface area contributed by atoms with Crippen LogP contribution in [-0.2, 0) is 24.1 Å². The van der Waals surface area contributed by atoms with Crippen molar-refractivity contribution in [2.24, 2.45) is 0 Å². The molecular formula is C25H30N6O. The van der Waals surface area contributed by atoms with E-state index >= 15 is 0 Å². The molecule has 1 aromatic heterocycles. The van der Waals surface area contributed by atoms with E-state index in [4.69, 9.17) is 0 Å². The molecule has 0 saturated heterocycles. The van der Waals surface area contributed by atoms with Crippen LogP contribution >= 0.6 is 0 Å². The van der Waals surface area contributed by atoms with Gasteiger partial charge in [0.2, 0.25) is 5.91 Å². The summed E-state index contributed by atoms with van der Waals surface area (Å²) in [7, 11) is 0. The van der Waals surface area contributed by atoms with Crippen molar-refractivity contribution >= 4 is 23.1 Å². The van der Waals surface area contributed by atoms with Crippen molar-refractivity contribution in [1.82, 2.24) is 20.8 Å². The number of hydrazine groups is 2. The average molecular weight is 431 g/mol. The van der Waals surface area contributed by atoms with Crippen molar-refractivity contribution in [3.8, 4) is 0 Å². The first-order chi connectivity index (χ1) is 15.5. The van der Waals surface area contributed by atoms with E-state index < -0.39 is 0 Å². The largest absolute Gasteiger partial charge is 0.356 e. The number of benzene rings is 2. The maximum absolute atomic E-state index is 11.2. The fraction of sp³-hybridized carbons (Fsp3) is 0.320. The van der Waals surface area contributed by atoms with Gasteiger partial charge in [0.15, 0.2) is 5.82 Å². The fourth-order valence-corrected chi connectivity index (χ4v) is 3.92. The van der Waals surface area contributed by atoms with Gasteiger partial charge in [-0.05, 0) is 68.9 Å². The second-order valence-corrected chi connectivity index (χ2v) is 8.15. The van der Waals surface area contributed by atoms with Crippen molar-refractivity contribution in [2.45, 2.75) is 46.5 Å². The standard InChI is InChI=1S/C14H15N5.C11H15NO/c1-9-15-8-13-14(16-9)19(18-17-13)12-6-5-10-3-2-4-11(10)7-12;1-3-12-11(13)8-10-6-4-9(2)5-7-10/h5-8,17-18H,2-4H2,1H3;4-7H,3,8H2,1-2H3,(H,12,13). The molecule has 0 bridgehead atoms. The molecule has 0 radical (unpaired) electrons. The average Bonchev–Trinajstić information content (AvgIpc) is 3.42. The Bertz CT molecular complexity index is 1100. The second-order valence-electron chi connectivity index (χ2n) is 8.15. The minimum atomic E-state index is 0.0892. The van der Waals surface area contributed by atoms with Crippen LogP contribution in [0.25, 0.3) is 0 Å². The molecule has 2 aliphatic rings. The van der Waals surface area contributed by atoms with Crippen molar-refractivity contribution < 1.29 is 4.79 Å². The smallest absolute Gasteiger partial charge is 0.224 e. The highest BCUT2D eigenvalue weighted by Crippen LogP contribution is 2.34. The van der Waals surface area contributed by atoms with Crippen LogP contribution in [0.4, 0.5) is 17.2 Å². The van der Waals surface area contributed by atoms with E-state index in [2.05, 4.69) is 44.4 Å². The Morgan fingerprint density at radius 1 is 1.09 bits per heavy atom. The number of nitrogens with zero attached hydrogens (tertiary/aromatic N) is 3. The third-order valence-electron chi connectivity index (χ3n) is 5.60. The first-order valence-corrected chi connectivity index (χ1v) is 11.1. The highest BCUT2D eigenvalue weighted by atomic mass is 16.1. The van der Waals surface area contributed by atoms with Gasteiger partial charge < -0.3 is 5.32 Å². The van der Waals surface area contributed by atoms with Crippen LogP contribution in [0, 0.1) is 13.8 Å². The number of hydrogen-bond donors (Lipinski definition) is 3. The molecule has 0 fully saturated rings. The van der Waals surface area contributed by atoms with E-state index in [0.29, 0.717) is 13.0 Å². The molecule has 1 amide bonds. The van der Waals surface area contributed by atoms with Gasteiger partial charge in [0.1, 0.15) is 11.5 Å². The highest BCUT2D eigenvalue weighted by Gasteiger charge is 2.23. The molecule has 1 aliphatic heterocycles. The number of hydrogen-bond acceptors (Lipinski definition) is 6. The van der Waals surface area contributed by atoms with Gasteiger partial charge in [-0.25, -0.2) is 15.0 Å². The number of carbonyl (C=O) groups is 1. The minimum absolute atomic E-state index is 0.0892. The molecule has 1 aliphatic carbocycles. The fourth-order valence-electron chi connectivity index (χ4n) is 3.92. The zero-order chi connectivity index (χ0) is 22.5. The molecule has 5 rings (SSSR count). The maximum Gasteiger partial charge on any atom is 0.224 e. The van der Waals surface area contributed by atoms with E-state index in [1.54, 1.807) is 6.20 Å². The summed E-state index contributed by atoms with van der Waals surface area (Å²) in [5.41, 5.74) is 13.5. The van der Waals surface area contributed by atoms with Crippen LogP contribution in [0.2, 0.25) is 0 Å². The van der Waals surface area contributed by atoms with Gasteiger partial charge in [0.25, 0.3) is 0 Å². The van der Waals surface area contributed by atoms with Gasteiger partial charge in [-0.2, -0.15) is 0 Å². The molecule has 2 aromatic carbocycles. The number of fused-ring (bicyclic) bond motifs is 2. The van der Waals surface area contributed by atoms with Crippen LogP contribution in [0.3, 0.4) is 0 Å². The number of aromatic nitrogens is 2. The van der Waals surface area contributed by atoms with Crippen LogP contribution in [0.5, 0.6) is 0 Å². The zero-order valence-corrected chi connectivity index (χ0v) is 18.9. The predicted octanol–water partition coefficient (Wildman–Crippen LogP) is 3.93. The molecule has 3 N–H and O–H groups in total. The summed E-state index contributed by atoms with van der Waals surface area (Å²) in [6, 6.07) is 14.7. The van der Waals surface area contributed by atoms with Gasteiger partial charge >= 0.3 is 0 Å². The lowest BCUT2D eigenvalue weighted by molar-refractivity contribution is -0.120. The summed E-state index contributed by atoms with van der Waals surface area (Å²) in [6.07, 6.45) is 5.94. The topological polar surface area (TPSA) is 82.2 Å². The number of amides is 1. The van der Waals surface area contributed by atoms with E-state index in [1.165, 1.54) is 36.0 Å². The van der Waals surface area contributed by atoms with Gasteiger partial charge in [0, 0.05) is 6.54 Å². The molecule has 2 heterocycles. The summed E-state index contributed by atoms with van der Waals surface area (Å²) in [6.45, 7) is 6.56. The molecular weight excluding hydrogens is 400 g/mol. The zero-order valence-electron chi connectivity index (χ0n) is 18.9. The first-order valence-electron chi connectivity index (χ1n) is 11.1. The van der Waals surface area contributed by atoms with Crippen molar-refractivity contribution in [3.63, 3.8) is 0 Å². The summed E-state index contributed by atoms with van der Waals surface area (Å²) in [5, 5.41) is 4.74. The molecule has 0 saturated carbocycles. The Labute approximate surface area is 189 Å². The third-order valence-corrected chi connectivity index (χ3v) is 5.60. The monoisotopic (exact) mass is 430 g/mol. The summed E-state index contributed by atoms with van der Waals surface area (Å²) in [4.78, 5) is 19.9. The molecule has 7 nitrogen and oxygen atoms in total. The van der Waals surface area contributed by atoms with E-state index in [0.717, 1.165) is 28.6 Å². The Morgan fingerprint density at radius 3 is 2.66 bits per heavy atom. The molecule has 32 heavy (non-hydrogen) atoms. The van der Waals surface area contributed by atoms with Gasteiger partial charge in [-0.3, -0.25) is 10.2 Å². The number of anilines is 3. The summed E-state index contributed by atoms with van der Waals surface area (Å²) in [5.74, 6) is 1.74. The van der Waals surface area contributed by atoms with Crippen LogP contribution in [0.15, 0.2) is 48.7 Å². The number of aryl methyl sites for hydroxylation is 4. The van der Waals surface area contributed by atoms with Crippen molar-refractivity contribution in [1.29, 1.82) is 0 Å². The quantitative estimate of drug-likeness (QED) is 0.582. The Kier molecular flexibility index (Phi) is 6.66. The van der Waals surface area contributed by atoms with Crippen LogP contribution < -0.4 is 21.3 Å². The van der Waals surface area contributed by atoms with Gasteiger partial charge in [0.05, 0.1) is 18.3 Å². The minimum Gasteiger partial charge on any atom is -0.356 e. The SMILES string of the molecule is CCNC(=O)Cc1ccc(C)cc1.Cc1ncc2c(n1)N(c1ccc3c(c1)CCC3)NN2. The molecule has 166 valence electrons. The van der Waals surface area contributed by atoms with E-state index in [-0.39, 0.29) is 5.91 Å². The number of nitrogens with one attached hydrogen (secondary N) is 3. The van der Waals surface area contributed by atoms with Crippen LogP contribution in [0.1, 0.15) is 41.4 Å².